The van der Waals surface area contributed by atoms with Gasteiger partial charge in [0.05, 0.1) is 0 Å². The number of hydrogen-bond acceptors (Lipinski definition) is 1. The van der Waals surface area contributed by atoms with Crippen LogP contribution in [0, 0.1) is 5.92 Å². The van der Waals surface area contributed by atoms with Crippen LogP contribution in [-0.2, 0) is 10.8 Å². The summed E-state index contributed by atoms with van der Waals surface area (Å²) in [4.78, 5) is 2.71. The third kappa shape index (κ3) is 4.28. The largest absolute Gasteiger partial charge is 0.338 e. The smallest absolute Gasteiger partial charge is 0.0416 e. The maximum absolute atomic E-state index is 2.71. The zero-order chi connectivity index (χ0) is 31.9. The molecule has 1 saturated carbocycles. The van der Waals surface area contributed by atoms with Gasteiger partial charge in [0.1, 0.15) is 0 Å². The molecule has 1 heteroatoms. The average molecular weight is 610 g/mol. The Bertz CT molecular complexity index is 2130. The number of anilines is 2. The van der Waals surface area contributed by atoms with E-state index in [4.69, 9.17) is 0 Å². The van der Waals surface area contributed by atoms with Gasteiger partial charge in [0.2, 0.25) is 0 Å². The topological polar surface area (TPSA) is 3.24 Å². The molecule has 1 nitrogen and oxygen atoms in total. The quantitative estimate of drug-likeness (QED) is 0.192. The minimum Gasteiger partial charge on any atom is -0.338 e. The molecule has 0 saturated heterocycles. The molecule has 0 heterocycles. The van der Waals surface area contributed by atoms with E-state index in [-0.39, 0.29) is 10.8 Å². The molecule has 6 aromatic carbocycles. The van der Waals surface area contributed by atoms with Crippen LogP contribution in [0.1, 0.15) is 75.1 Å². The zero-order valence-corrected chi connectivity index (χ0v) is 28.0. The maximum Gasteiger partial charge on any atom is 0.0416 e. The van der Waals surface area contributed by atoms with Crippen molar-refractivity contribution >= 4 is 22.1 Å². The first-order valence-electron chi connectivity index (χ1n) is 17.5. The number of nitrogens with zero attached hydrogens (tertiary/aromatic N) is 1. The Labute approximate surface area is 279 Å². The summed E-state index contributed by atoms with van der Waals surface area (Å²) >= 11 is 0. The predicted octanol–water partition coefficient (Wildman–Crippen LogP) is 12.2. The van der Waals surface area contributed by atoms with Crippen molar-refractivity contribution in [1.29, 1.82) is 0 Å². The Hall–Kier alpha value is -4.62. The van der Waals surface area contributed by atoms with Crippen molar-refractivity contribution in [2.24, 2.45) is 5.92 Å². The minimum absolute atomic E-state index is 0.0692. The van der Waals surface area contributed by atoms with Crippen molar-refractivity contribution in [2.45, 2.75) is 69.7 Å². The van der Waals surface area contributed by atoms with Crippen LogP contribution < -0.4 is 4.90 Å². The summed E-state index contributed by atoms with van der Waals surface area (Å²) in [6.07, 6.45) is 3.62. The summed E-state index contributed by atoms with van der Waals surface area (Å²) in [6.45, 7) is 9.83. The highest BCUT2D eigenvalue weighted by Gasteiger charge is 2.49. The Morgan fingerprint density at radius 1 is 0.574 bits per heavy atom. The van der Waals surface area contributed by atoms with Gasteiger partial charge >= 0.3 is 0 Å². The van der Waals surface area contributed by atoms with E-state index in [1.165, 1.54) is 74.8 Å². The fourth-order valence-electron chi connectivity index (χ4n) is 9.82. The zero-order valence-electron chi connectivity index (χ0n) is 28.0. The van der Waals surface area contributed by atoms with E-state index in [0.717, 1.165) is 0 Å². The molecule has 0 bridgehead atoms. The van der Waals surface area contributed by atoms with Gasteiger partial charge < -0.3 is 4.90 Å². The molecule has 0 aliphatic heterocycles. The van der Waals surface area contributed by atoms with Gasteiger partial charge in [-0.1, -0.05) is 137 Å². The van der Waals surface area contributed by atoms with Crippen LogP contribution in [0.3, 0.4) is 0 Å². The van der Waals surface area contributed by atoms with Crippen LogP contribution in [0.2, 0.25) is 0 Å². The Balaban J connectivity index is 1.16. The molecule has 232 valence electrons. The lowest BCUT2D eigenvalue weighted by molar-refractivity contribution is 0.213. The maximum atomic E-state index is 2.71. The van der Waals surface area contributed by atoms with Gasteiger partial charge in [-0.25, -0.2) is 0 Å². The third-order valence-electron chi connectivity index (χ3n) is 12.2. The molecular weight excluding hydrogens is 567 g/mol. The van der Waals surface area contributed by atoms with Gasteiger partial charge in [-0.3, -0.25) is 0 Å². The first-order valence-corrected chi connectivity index (χ1v) is 17.5. The molecule has 1 fully saturated rings. The molecule has 3 aliphatic rings. The van der Waals surface area contributed by atoms with Crippen LogP contribution in [0.15, 0.2) is 133 Å². The lowest BCUT2D eigenvalue weighted by atomic mass is 9.68. The summed E-state index contributed by atoms with van der Waals surface area (Å²) in [5.41, 5.74) is 14.1. The standard InChI is InChI=1S/C46H43N/c1-45(2)40-17-11-10-16-37(40)38-25-23-34(28-42(38)45)47(33-21-18-31(19-22-33)30-12-6-5-7-13-30)35-24-26-39-43(29-35)46(3,4)41-27-20-32-14-8-9-15-36(32)44(39)41/h5-22,24,26-27,29,34,38,42H,23,25,28H2,1-4H3. The van der Waals surface area contributed by atoms with E-state index in [2.05, 4.69) is 166 Å². The van der Waals surface area contributed by atoms with Crippen molar-refractivity contribution in [1.82, 2.24) is 0 Å². The van der Waals surface area contributed by atoms with Crippen molar-refractivity contribution < 1.29 is 0 Å². The van der Waals surface area contributed by atoms with Crippen molar-refractivity contribution in [3.8, 4) is 22.3 Å². The van der Waals surface area contributed by atoms with Crippen LogP contribution in [0.25, 0.3) is 33.0 Å². The second-order valence-electron chi connectivity index (χ2n) is 15.3. The number of rotatable bonds is 4. The van der Waals surface area contributed by atoms with Crippen LogP contribution >= 0.6 is 0 Å². The summed E-state index contributed by atoms with van der Waals surface area (Å²) in [5.74, 6) is 1.28. The third-order valence-corrected chi connectivity index (χ3v) is 12.2. The summed E-state index contributed by atoms with van der Waals surface area (Å²) < 4.78 is 0. The van der Waals surface area contributed by atoms with E-state index in [0.29, 0.717) is 17.9 Å². The second-order valence-corrected chi connectivity index (χ2v) is 15.3. The molecule has 6 aromatic rings. The Morgan fingerprint density at radius 2 is 1.28 bits per heavy atom. The number of fused-ring (bicyclic) bond motifs is 8. The van der Waals surface area contributed by atoms with Crippen molar-refractivity contribution in [2.75, 3.05) is 4.90 Å². The van der Waals surface area contributed by atoms with Gasteiger partial charge in [-0.05, 0) is 116 Å². The van der Waals surface area contributed by atoms with E-state index in [9.17, 15) is 0 Å². The van der Waals surface area contributed by atoms with Gasteiger partial charge in [-0.15, -0.1) is 0 Å². The van der Waals surface area contributed by atoms with E-state index in [1.54, 1.807) is 11.1 Å². The molecule has 3 aliphatic carbocycles. The number of hydrogen-bond donors (Lipinski definition) is 0. The highest BCUT2D eigenvalue weighted by Crippen LogP contribution is 2.58. The second kappa shape index (κ2) is 10.4. The van der Waals surface area contributed by atoms with Gasteiger partial charge in [0.25, 0.3) is 0 Å². The molecular formula is C46H43N. The molecule has 9 rings (SSSR count). The highest BCUT2D eigenvalue weighted by molar-refractivity contribution is 6.02. The molecule has 0 spiro atoms. The lowest BCUT2D eigenvalue weighted by Gasteiger charge is -2.44. The molecule has 0 amide bonds. The predicted molar refractivity (Wildman–Crippen MR) is 199 cm³/mol. The van der Waals surface area contributed by atoms with Crippen LogP contribution in [0.4, 0.5) is 11.4 Å². The minimum atomic E-state index is -0.0692. The van der Waals surface area contributed by atoms with Gasteiger partial charge in [0.15, 0.2) is 0 Å². The van der Waals surface area contributed by atoms with Crippen molar-refractivity contribution in [3.63, 3.8) is 0 Å². The first kappa shape index (κ1) is 28.6. The average Bonchev–Trinajstić information content (AvgIpc) is 3.48. The first-order chi connectivity index (χ1) is 22.8. The Morgan fingerprint density at radius 3 is 2.11 bits per heavy atom. The highest BCUT2D eigenvalue weighted by atomic mass is 15.2. The molecule has 0 radical (unpaired) electrons. The fraction of sp³-hybridized carbons (Fsp3) is 0.261. The molecule has 0 aromatic heterocycles. The monoisotopic (exact) mass is 609 g/mol. The van der Waals surface area contributed by atoms with Crippen LogP contribution in [-0.4, -0.2) is 6.04 Å². The summed E-state index contributed by atoms with van der Waals surface area (Å²) in [7, 11) is 0. The molecule has 3 atom stereocenters. The normalized spacial score (nSPS) is 21.5. The van der Waals surface area contributed by atoms with E-state index >= 15 is 0 Å². The molecule has 0 N–H and O–H groups in total. The van der Waals surface area contributed by atoms with Crippen LogP contribution in [0.5, 0.6) is 0 Å². The molecule has 47 heavy (non-hydrogen) atoms. The fourth-order valence-corrected chi connectivity index (χ4v) is 9.82. The Kier molecular flexibility index (Phi) is 6.35. The van der Waals surface area contributed by atoms with Crippen molar-refractivity contribution in [3.05, 3.63) is 156 Å². The van der Waals surface area contributed by atoms with E-state index in [1.807, 2.05) is 0 Å². The SMILES string of the molecule is CC1(C)c2cc(N(c3ccc(-c4ccccc4)cc3)C3CCC4c5ccccc5C(C)(C)C4C3)ccc2-c2c1ccc1ccccc21. The molecule has 3 unspecified atom stereocenters. The van der Waals surface area contributed by atoms with Gasteiger partial charge in [-0.2, -0.15) is 0 Å². The lowest BCUT2D eigenvalue weighted by Crippen LogP contribution is -2.41. The summed E-state index contributed by atoms with van der Waals surface area (Å²) in [6, 6.07) is 50.8. The summed E-state index contributed by atoms with van der Waals surface area (Å²) in [5, 5.41) is 2.68. The number of benzene rings is 6. The van der Waals surface area contributed by atoms with E-state index < -0.39 is 0 Å². The van der Waals surface area contributed by atoms with Gasteiger partial charge in [0, 0.05) is 22.8 Å².